The molecule has 2 heterocycles. The average molecular weight is 391 g/mol. The zero-order valence-electron chi connectivity index (χ0n) is 16.5. The van der Waals surface area contributed by atoms with Crippen LogP contribution in [0.1, 0.15) is 12.0 Å². The molecule has 2 aromatic rings. The first-order chi connectivity index (χ1) is 14.1. The molecule has 0 radical (unpaired) electrons. The maximum Gasteiger partial charge on any atom is 0.249 e. The first-order valence-electron chi connectivity index (χ1n) is 9.88. The SMILES string of the molecule is Cc1ccc(N2CCN(C3=N[C@@H](C(=O)Nc4ccccc4)CC(=O)N3)CC2)cc1. The summed E-state index contributed by atoms with van der Waals surface area (Å²) in [6, 6.07) is 17.0. The highest BCUT2D eigenvalue weighted by atomic mass is 16.2. The molecule has 150 valence electrons. The number of nitrogens with zero attached hydrogens (tertiary/aromatic N) is 3. The van der Waals surface area contributed by atoms with Crippen LogP contribution >= 0.6 is 0 Å². The predicted octanol–water partition coefficient (Wildman–Crippen LogP) is 2.00. The number of hydrogen-bond acceptors (Lipinski definition) is 5. The van der Waals surface area contributed by atoms with Crippen molar-refractivity contribution in [3.8, 4) is 0 Å². The van der Waals surface area contributed by atoms with Crippen molar-refractivity contribution in [1.29, 1.82) is 0 Å². The topological polar surface area (TPSA) is 77.0 Å². The van der Waals surface area contributed by atoms with Crippen molar-refractivity contribution in [2.24, 2.45) is 4.99 Å². The molecule has 4 rings (SSSR count). The van der Waals surface area contributed by atoms with Crippen LogP contribution in [0.3, 0.4) is 0 Å². The van der Waals surface area contributed by atoms with Crippen molar-refractivity contribution < 1.29 is 9.59 Å². The molecule has 1 atom stereocenters. The van der Waals surface area contributed by atoms with E-state index in [0.29, 0.717) is 11.6 Å². The summed E-state index contributed by atoms with van der Waals surface area (Å²) in [7, 11) is 0. The molecule has 2 aromatic carbocycles. The third kappa shape index (κ3) is 4.56. The van der Waals surface area contributed by atoms with E-state index in [9.17, 15) is 9.59 Å². The van der Waals surface area contributed by atoms with Crippen LogP contribution in [-0.4, -0.2) is 54.9 Å². The second kappa shape index (κ2) is 8.34. The Morgan fingerprint density at radius 2 is 1.66 bits per heavy atom. The van der Waals surface area contributed by atoms with E-state index in [1.165, 1.54) is 11.3 Å². The lowest BCUT2D eigenvalue weighted by molar-refractivity contribution is -0.125. The second-order valence-corrected chi connectivity index (χ2v) is 7.39. The predicted molar refractivity (Wildman–Crippen MR) is 114 cm³/mol. The summed E-state index contributed by atoms with van der Waals surface area (Å²) in [6.07, 6.45) is 0.0610. The Bertz CT molecular complexity index is 903. The monoisotopic (exact) mass is 391 g/mol. The fourth-order valence-corrected chi connectivity index (χ4v) is 3.57. The largest absolute Gasteiger partial charge is 0.368 e. The smallest absolute Gasteiger partial charge is 0.249 e. The normalized spacial score (nSPS) is 19.4. The van der Waals surface area contributed by atoms with Gasteiger partial charge in [-0.2, -0.15) is 0 Å². The maximum atomic E-state index is 12.6. The van der Waals surface area contributed by atoms with E-state index in [4.69, 9.17) is 0 Å². The lowest BCUT2D eigenvalue weighted by Crippen LogP contribution is -2.56. The summed E-state index contributed by atoms with van der Waals surface area (Å²) in [5.41, 5.74) is 3.14. The molecule has 0 spiro atoms. The van der Waals surface area contributed by atoms with E-state index in [-0.39, 0.29) is 18.2 Å². The number of piperazine rings is 1. The average Bonchev–Trinajstić information content (AvgIpc) is 2.75. The molecule has 0 saturated carbocycles. The Kier molecular flexibility index (Phi) is 5.46. The molecule has 7 heteroatoms. The van der Waals surface area contributed by atoms with Crippen molar-refractivity contribution in [1.82, 2.24) is 10.2 Å². The first kappa shape index (κ1) is 19.0. The van der Waals surface area contributed by atoms with Crippen molar-refractivity contribution in [2.45, 2.75) is 19.4 Å². The summed E-state index contributed by atoms with van der Waals surface area (Å²) in [6.45, 7) is 5.22. The minimum atomic E-state index is -0.714. The third-order valence-electron chi connectivity index (χ3n) is 5.23. The Labute approximate surface area is 170 Å². The molecule has 1 fully saturated rings. The van der Waals surface area contributed by atoms with Gasteiger partial charge >= 0.3 is 0 Å². The number of aryl methyl sites for hydroxylation is 1. The van der Waals surface area contributed by atoms with Gasteiger partial charge < -0.3 is 15.1 Å². The fraction of sp³-hybridized carbons (Fsp3) is 0.318. The molecule has 2 aliphatic rings. The summed E-state index contributed by atoms with van der Waals surface area (Å²) in [5, 5.41) is 5.67. The van der Waals surface area contributed by atoms with Gasteiger partial charge in [-0.1, -0.05) is 35.9 Å². The number of aliphatic imine (C=N–C) groups is 1. The fourth-order valence-electron chi connectivity index (χ4n) is 3.57. The number of benzene rings is 2. The highest BCUT2D eigenvalue weighted by Crippen LogP contribution is 2.18. The van der Waals surface area contributed by atoms with E-state index < -0.39 is 6.04 Å². The Hall–Kier alpha value is -3.35. The molecule has 29 heavy (non-hydrogen) atoms. The first-order valence-corrected chi connectivity index (χ1v) is 9.88. The molecule has 2 amide bonds. The van der Waals surface area contributed by atoms with Crippen molar-refractivity contribution in [3.05, 3.63) is 60.2 Å². The summed E-state index contributed by atoms with van der Waals surface area (Å²) in [4.78, 5) is 33.7. The highest BCUT2D eigenvalue weighted by molar-refractivity contribution is 6.06. The minimum absolute atomic E-state index is 0.0610. The number of nitrogens with one attached hydrogen (secondary N) is 2. The number of carbonyl (C=O) groups is 2. The molecule has 0 aromatic heterocycles. The minimum Gasteiger partial charge on any atom is -0.368 e. The van der Waals surface area contributed by atoms with Crippen LogP contribution in [0.2, 0.25) is 0 Å². The van der Waals surface area contributed by atoms with Crippen LogP contribution in [0, 0.1) is 6.92 Å². The molecule has 0 aliphatic carbocycles. The van der Waals surface area contributed by atoms with Gasteiger partial charge in [0, 0.05) is 37.6 Å². The Balaban J connectivity index is 1.40. The highest BCUT2D eigenvalue weighted by Gasteiger charge is 2.30. The van der Waals surface area contributed by atoms with Gasteiger partial charge in [0.05, 0.1) is 6.42 Å². The zero-order valence-corrected chi connectivity index (χ0v) is 16.5. The molecule has 2 aliphatic heterocycles. The van der Waals surface area contributed by atoms with Gasteiger partial charge in [0.25, 0.3) is 0 Å². The van der Waals surface area contributed by atoms with E-state index in [2.05, 4.69) is 51.7 Å². The summed E-state index contributed by atoms with van der Waals surface area (Å²) in [5.74, 6) is 0.0593. The van der Waals surface area contributed by atoms with Crippen LogP contribution < -0.4 is 15.5 Å². The van der Waals surface area contributed by atoms with Crippen LogP contribution in [0.5, 0.6) is 0 Å². The van der Waals surface area contributed by atoms with Crippen LogP contribution in [-0.2, 0) is 9.59 Å². The molecule has 1 saturated heterocycles. The van der Waals surface area contributed by atoms with Gasteiger partial charge in [-0.05, 0) is 31.2 Å². The number of anilines is 2. The third-order valence-corrected chi connectivity index (χ3v) is 5.23. The summed E-state index contributed by atoms with van der Waals surface area (Å²) >= 11 is 0. The summed E-state index contributed by atoms with van der Waals surface area (Å²) < 4.78 is 0. The molecule has 0 bridgehead atoms. The molecular weight excluding hydrogens is 366 g/mol. The molecule has 0 unspecified atom stereocenters. The Morgan fingerprint density at radius 3 is 2.34 bits per heavy atom. The van der Waals surface area contributed by atoms with Crippen LogP contribution in [0.15, 0.2) is 59.6 Å². The number of carbonyl (C=O) groups excluding carboxylic acids is 2. The van der Waals surface area contributed by atoms with Gasteiger partial charge in [0.15, 0.2) is 0 Å². The van der Waals surface area contributed by atoms with Crippen LogP contribution in [0.25, 0.3) is 0 Å². The lowest BCUT2D eigenvalue weighted by Gasteiger charge is -2.38. The number of para-hydroxylation sites is 1. The van der Waals surface area contributed by atoms with E-state index in [1.54, 1.807) is 0 Å². The van der Waals surface area contributed by atoms with Crippen molar-refractivity contribution in [3.63, 3.8) is 0 Å². The lowest BCUT2D eigenvalue weighted by atomic mass is 10.1. The van der Waals surface area contributed by atoms with Gasteiger partial charge in [-0.25, -0.2) is 4.99 Å². The quantitative estimate of drug-likeness (QED) is 0.839. The molecule has 7 nitrogen and oxygen atoms in total. The van der Waals surface area contributed by atoms with Gasteiger partial charge in [0.2, 0.25) is 17.8 Å². The number of guanidine groups is 1. The van der Waals surface area contributed by atoms with Gasteiger partial charge in [0.1, 0.15) is 6.04 Å². The van der Waals surface area contributed by atoms with Crippen molar-refractivity contribution in [2.75, 3.05) is 36.4 Å². The van der Waals surface area contributed by atoms with E-state index >= 15 is 0 Å². The van der Waals surface area contributed by atoms with Gasteiger partial charge in [-0.3, -0.25) is 14.9 Å². The standard InChI is InChI=1S/C22H25N5O2/c1-16-7-9-18(10-8-16)26-11-13-27(14-12-26)22-24-19(15-20(28)25-22)21(29)23-17-5-3-2-4-6-17/h2-10,19H,11-15H2,1H3,(H,23,29)(H,24,25,28)/t19-/m1/s1. The second-order valence-electron chi connectivity index (χ2n) is 7.39. The molecular formula is C22H25N5O2. The molecule has 2 N–H and O–H groups in total. The van der Waals surface area contributed by atoms with Crippen molar-refractivity contribution >= 4 is 29.1 Å². The number of rotatable bonds is 3. The maximum absolute atomic E-state index is 12.6. The Morgan fingerprint density at radius 1 is 1.00 bits per heavy atom. The van der Waals surface area contributed by atoms with E-state index in [0.717, 1.165) is 26.2 Å². The van der Waals surface area contributed by atoms with Crippen LogP contribution in [0.4, 0.5) is 11.4 Å². The van der Waals surface area contributed by atoms with E-state index in [1.807, 2.05) is 35.2 Å². The number of amides is 2. The number of hydrogen-bond donors (Lipinski definition) is 2. The van der Waals surface area contributed by atoms with Gasteiger partial charge in [-0.15, -0.1) is 0 Å². The zero-order chi connectivity index (χ0) is 20.2.